The lowest BCUT2D eigenvalue weighted by atomic mass is 10.1. The number of anilines is 1. The SMILES string of the molecule is Cc1ccc(N2C(=O)C3C(C2=O)C3(C)C)cc1I. The summed E-state index contributed by atoms with van der Waals surface area (Å²) in [5.74, 6) is -0.280. The van der Waals surface area contributed by atoms with Crippen LogP contribution in [0.1, 0.15) is 19.4 Å². The quantitative estimate of drug-likeness (QED) is 0.574. The molecule has 3 nitrogen and oxygen atoms in total. The van der Waals surface area contributed by atoms with Crippen LogP contribution in [-0.4, -0.2) is 11.8 Å². The largest absolute Gasteiger partial charge is 0.274 e. The Hall–Kier alpha value is -0.910. The van der Waals surface area contributed by atoms with Gasteiger partial charge in [0.2, 0.25) is 11.8 Å². The minimum atomic E-state index is -0.136. The molecule has 1 heterocycles. The predicted molar refractivity (Wildman–Crippen MR) is 77.2 cm³/mol. The number of benzene rings is 1. The van der Waals surface area contributed by atoms with Crippen molar-refractivity contribution in [1.29, 1.82) is 0 Å². The number of halogens is 1. The number of carbonyl (C=O) groups is 2. The summed E-state index contributed by atoms with van der Waals surface area (Å²) in [6, 6.07) is 5.71. The van der Waals surface area contributed by atoms with E-state index in [9.17, 15) is 9.59 Å². The summed E-state index contributed by atoms with van der Waals surface area (Å²) in [4.78, 5) is 25.9. The molecule has 0 radical (unpaired) electrons. The van der Waals surface area contributed by atoms with Gasteiger partial charge in [-0.1, -0.05) is 19.9 Å². The number of amides is 2. The molecule has 1 aromatic rings. The van der Waals surface area contributed by atoms with Gasteiger partial charge in [0, 0.05) is 3.57 Å². The third kappa shape index (κ3) is 1.41. The second-order valence-corrected chi connectivity index (χ2v) is 6.88. The van der Waals surface area contributed by atoms with Crippen LogP contribution in [0.15, 0.2) is 18.2 Å². The first kappa shape index (κ1) is 12.1. The summed E-state index contributed by atoms with van der Waals surface area (Å²) in [7, 11) is 0. The molecule has 0 aromatic heterocycles. The molecule has 1 aliphatic carbocycles. The van der Waals surface area contributed by atoms with E-state index < -0.39 is 0 Å². The summed E-state index contributed by atoms with van der Waals surface area (Å²) < 4.78 is 1.07. The molecule has 1 saturated heterocycles. The van der Waals surface area contributed by atoms with Gasteiger partial charge < -0.3 is 0 Å². The van der Waals surface area contributed by atoms with Crippen LogP contribution in [0.4, 0.5) is 5.69 Å². The van der Waals surface area contributed by atoms with Crippen LogP contribution in [0.5, 0.6) is 0 Å². The average molecular weight is 355 g/mol. The highest BCUT2D eigenvalue weighted by Gasteiger charge is 2.72. The van der Waals surface area contributed by atoms with Crippen LogP contribution in [0.25, 0.3) is 0 Å². The minimum absolute atomic E-state index is 0.0327. The lowest BCUT2D eigenvalue weighted by Crippen LogP contribution is -2.36. The zero-order valence-electron chi connectivity index (χ0n) is 10.5. The van der Waals surface area contributed by atoms with Gasteiger partial charge >= 0.3 is 0 Å². The second kappa shape index (κ2) is 3.56. The molecule has 2 fully saturated rings. The van der Waals surface area contributed by atoms with E-state index in [2.05, 4.69) is 22.6 Å². The molecule has 2 unspecified atom stereocenters. The molecule has 4 heteroatoms. The standard InChI is InChI=1S/C14H14INO2/c1-7-4-5-8(6-9(7)15)16-12(17)10-11(13(16)18)14(10,2)3/h4-6,10-11H,1-3H3. The van der Waals surface area contributed by atoms with E-state index in [1.165, 1.54) is 4.90 Å². The van der Waals surface area contributed by atoms with Gasteiger partial charge in [-0.15, -0.1) is 0 Å². The van der Waals surface area contributed by atoms with Crippen molar-refractivity contribution in [2.75, 3.05) is 4.90 Å². The molecule has 18 heavy (non-hydrogen) atoms. The van der Waals surface area contributed by atoms with Crippen molar-refractivity contribution in [3.05, 3.63) is 27.3 Å². The molecule has 0 spiro atoms. The van der Waals surface area contributed by atoms with E-state index in [0.29, 0.717) is 5.69 Å². The molecule has 0 N–H and O–H groups in total. The molecule has 2 amide bonds. The fourth-order valence-electron chi connectivity index (χ4n) is 2.92. The van der Waals surface area contributed by atoms with Gasteiger partial charge in [-0.2, -0.15) is 0 Å². The molecule has 1 aromatic carbocycles. The van der Waals surface area contributed by atoms with Gasteiger partial charge in [-0.25, -0.2) is 4.90 Å². The third-order valence-electron chi connectivity index (χ3n) is 4.21. The first-order valence-corrected chi connectivity index (χ1v) is 7.07. The second-order valence-electron chi connectivity index (χ2n) is 5.72. The lowest BCUT2D eigenvalue weighted by Gasteiger charge is -2.21. The number of imide groups is 1. The van der Waals surface area contributed by atoms with Crippen LogP contribution < -0.4 is 4.90 Å². The Morgan fingerprint density at radius 3 is 2.22 bits per heavy atom. The van der Waals surface area contributed by atoms with E-state index in [0.717, 1.165) is 9.13 Å². The Labute approximate surface area is 120 Å². The number of rotatable bonds is 1. The van der Waals surface area contributed by atoms with Crippen LogP contribution in [-0.2, 0) is 9.59 Å². The number of hydrogen-bond donors (Lipinski definition) is 0. The average Bonchev–Trinajstić information content (AvgIpc) is 2.74. The molecule has 2 atom stereocenters. The van der Waals surface area contributed by atoms with Crippen molar-refractivity contribution in [3.8, 4) is 0 Å². The van der Waals surface area contributed by atoms with E-state index in [-0.39, 0.29) is 29.1 Å². The monoisotopic (exact) mass is 355 g/mol. The Balaban J connectivity index is 1.98. The van der Waals surface area contributed by atoms with E-state index in [1.807, 2.05) is 39.0 Å². The number of aryl methyl sites for hydroxylation is 1. The minimum Gasteiger partial charge on any atom is -0.274 e. The first-order valence-electron chi connectivity index (χ1n) is 5.99. The molecule has 3 rings (SSSR count). The zero-order valence-corrected chi connectivity index (χ0v) is 12.7. The number of hydrogen-bond acceptors (Lipinski definition) is 2. The lowest BCUT2D eigenvalue weighted by molar-refractivity contribution is -0.125. The van der Waals surface area contributed by atoms with Crippen LogP contribution in [0, 0.1) is 27.7 Å². The molecular weight excluding hydrogens is 341 g/mol. The van der Waals surface area contributed by atoms with Gasteiger partial charge in [0.25, 0.3) is 0 Å². The summed E-state index contributed by atoms with van der Waals surface area (Å²) >= 11 is 2.22. The molecule has 2 aliphatic rings. The van der Waals surface area contributed by atoms with Crippen LogP contribution >= 0.6 is 22.6 Å². The predicted octanol–water partition coefficient (Wildman–Crippen LogP) is 2.75. The van der Waals surface area contributed by atoms with Crippen molar-refractivity contribution in [2.45, 2.75) is 20.8 Å². The maximum absolute atomic E-state index is 12.3. The van der Waals surface area contributed by atoms with Gasteiger partial charge in [0.05, 0.1) is 17.5 Å². The van der Waals surface area contributed by atoms with Crippen molar-refractivity contribution >= 4 is 40.1 Å². The number of carbonyl (C=O) groups excluding carboxylic acids is 2. The smallest absolute Gasteiger partial charge is 0.238 e. The van der Waals surface area contributed by atoms with Crippen molar-refractivity contribution in [3.63, 3.8) is 0 Å². The molecule has 1 saturated carbocycles. The first-order chi connectivity index (χ1) is 8.35. The number of piperidine rings is 1. The van der Waals surface area contributed by atoms with Gasteiger partial charge in [0.1, 0.15) is 0 Å². The zero-order chi connectivity index (χ0) is 13.2. The maximum atomic E-state index is 12.3. The highest BCUT2D eigenvalue weighted by molar-refractivity contribution is 14.1. The van der Waals surface area contributed by atoms with Crippen molar-refractivity contribution in [2.24, 2.45) is 17.3 Å². The fraction of sp³-hybridized carbons (Fsp3) is 0.429. The van der Waals surface area contributed by atoms with Crippen molar-refractivity contribution in [1.82, 2.24) is 0 Å². The normalized spacial score (nSPS) is 28.6. The van der Waals surface area contributed by atoms with Gasteiger partial charge in [-0.05, 0) is 52.6 Å². The Morgan fingerprint density at radius 2 is 1.72 bits per heavy atom. The summed E-state index contributed by atoms with van der Waals surface area (Å²) in [6.45, 7) is 6.00. The Bertz CT molecular complexity index is 555. The van der Waals surface area contributed by atoms with Gasteiger partial charge in [0.15, 0.2) is 0 Å². The van der Waals surface area contributed by atoms with E-state index in [4.69, 9.17) is 0 Å². The maximum Gasteiger partial charge on any atom is 0.238 e. The Kier molecular flexibility index (Phi) is 2.40. The van der Waals surface area contributed by atoms with Crippen LogP contribution in [0.3, 0.4) is 0 Å². The highest BCUT2D eigenvalue weighted by atomic mass is 127. The number of nitrogens with zero attached hydrogens (tertiary/aromatic N) is 1. The summed E-state index contributed by atoms with van der Waals surface area (Å²) in [6.07, 6.45) is 0. The van der Waals surface area contributed by atoms with E-state index >= 15 is 0 Å². The number of fused-ring (bicyclic) bond motifs is 1. The third-order valence-corrected chi connectivity index (χ3v) is 5.38. The Morgan fingerprint density at radius 1 is 1.17 bits per heavy atom. The molecular formula is C14H14INO2. The molecule has 94 valence electrons. The topological polar surface area (TPSA) is 37.4 Å². The van der Waals surface area contributed by atoms with Gasteiger partial charge in [-0.3, -0.25) is 9.59 Å². The van der Waals surface area contributed by atoms with E-state index in [1.54, 1.807) is 0 Å². The van der Waals surface area contributed by atoms with Crippen LogP contribution in [0.2, 0.25) is 0 Å². The highest BCUT2D eigenvalue weighted by Crippen LogP contribution is 2.63. The molecule has 1 aliphatic heterocycles. The summed E-state index contributed by atoms with van der Waals surface area (Å²) in [5, 5.41) is 0. The summed E-state index contributed by atoms with van der Waals surface area (Å²) in [5.41, 5.74) is 1.73. The van der Waals surface area contributed by atoms with Crippen molar-refractivity contribution < 1.29 is 9.59 Å². The molecule has 0 bridgehead atoms. The fourth-order valence-corrected chi connectivity index (χ4v) is 3.42.